The number of nitrogens with zero attached hydrogens (tertiary/aromatic N) is 3. The van der Waals surface area contributed by atoms with E-state index in [1.165, 1.54) is 0 Å². The molecule has 0 saturated heterocycles. The lowest BCUT2D eigenvalue weighted by Gasteiger charge is -2.11. The molecule has 0 saturated carbocycles. The van der Waals surface area contributed by atoms with Crippen molar-refractivity contribution in [2.75, 3.05) is 0 Å². The van der Waals surface area contributed by atoms with Crippen LogP contribution in [0.1, 0.15) is 15.1 Å². The molecule has 7 aromatic carbocycles. The van der Waals surface area contributed by atoms with Gasteiger partial charge in [-0.3, -0.25) is 0 Å². The Morgan fingerprint density at radius 1 is 0.388 bits per heavy atom. The third kappa shape index (κ3) is 5.45. The summed E-state index contributed by atoms with van der Waals surface area (Å²) in [5.41, 5.74) is 3.43. The number of hydrogen-bond acceptors (Lipinski definition) is 4. The number of hydrogen-bond donors (Lipinski definition) is 0. The van der Waals surface area contributed by atoms with Crippen LogP contribution in [0.4, 0.5) is 0 Å². The smallest absolute Gasteiger partial charge is 0.164 e. The Morgan fingerprint density at radius 2 is 0.857 bits per heavy atom. The number of benzene rings is 7. The van der Waals surface area contributed by atoms with E-state index in [2.05, 4.69) is 0 Å². The lowest BCUT2D eigenvalue weighted by Crippen LogP contribution is -2.00. The van der Waals surface area contributed by atoms with Crippen LogP contribution in [0.15, 0.2) is 180 Å². The summed E-state index contributed by atoms with van der Waals surface area (Å²) in [4.78, 5) is 14.5. The second-order valence-electron chi connectivity index (χ2n) is 11.2. The minimum absolute atomic E-state index is 0.167. The first-order valence-corrected chi connectivity index (χ1v) is 15.5. The van der Waals surface area contributed by atoms with Gasteiger partial charge in [-0.25, -0.2) is 15.0 Å². The van der Waals surface area contributed by atoms with Crippen LogP contribution < -0.4 is 0 Å². The monoisotopic (exact) mass is 638 g/mol. The molecule has 0 radical (unpaired) electrons. The van der Waals surface area contributed by atoms with Crippen LogP contribution in [0, 0.1) is 0 Å². The van der Waals surface area contributed by atoms with Gasteiger partial charge in [-0.2, -0.15) is 0 Å². The molecule has 4 nitrogen and oxygen atoms in total. The standard InChI is InChI=1S/C45H29N3O/c1-4-12-30(13-5-1)32-20-24-35(25-21-32)43-46-44(36-26-22-33(23-27-36)31-14-6-2-7-15-31)48-45(47-43)37-28-39(34-16-8-3-9-17-34)42-38-18-10-11-19-40(38)49-41(42)29-37/h1-29H/i3D,8D,9D,10D,11D,16D,17D,18D,19D,28D,29D. The maximum atomic E-state index is 9.77. The van der Waals surface area contributed by atoms with E-state index in [0.29, 0.717) is 11.1 Å². The van der Waals surface area contributed by atoms with Crippen LogP contribution >= 0.6 is 0 Å². The number of rotatable bonds is 6. The quantitative estimate of drug-likeness (QED) is 0.182. The van der Waals surface area contributed by atoms with E-state index in [1.807, 2.05) is 109 Å². The van der Waals surface area contributed by atoms with Gasteiger partial charge in [0.1, 0.15) is 11.2 Å². The van der Waals surface area contributed by atoms with Gasteiger partial charge in [0.15, 0.2) is 17.5 Å². The van der Waals surface area contributed by atoms with Crippen LogP contribution in [-0.2, 0) is 0 Å². The highest BCUT2D eigenvalue weighted by atomic mass is 16.3. The summed E-state index contributed by atoms with van der Waals surface area (Å²) in [6.45, 7) is 0. The van der Waals surface area contributed by atoms with E-state index in [0.717, 1.165) is 22.3 Å². The molecule has 230 valence electrons. The van der Waals surface area contributed by atoms with Gasteiger partial charge in [-0.15, -0.1) is 0 Å². The van der Waals surface area contributed by atoms with E-state index in [-0.39, 0.29) is 50.5 Å². The molecule has 0 aliphatic heterocycles. The molecule has 0 aliphatic carbocycles. The first kappa shape index (κ1) is 19.2. The van der Waals surface area contributed by atoms with Crippen molar-refractivity contribution in [3.63, 3.8) is 0 Å². The Labute approximate surface area is 299 Å². The summed E-state index contributed by atoms with van der Waals surface area (Å²) < 4.78 is 103. The average Bonchev–Trinajstić information content (AvgIpc) is 3.69. The molecule has 2 heterocycles. The zero-order chi connectivity index (χ0) is 42.1. The fraction of sp³-hybridized carbons (Fsp3) is 0. The van der Waals surface area contributed by atoms with Crippen molar-refractivity contribution in [2.24, 2.45) is 0 Å². The van der Waals surface area contributed by atoms with Gasteiger partial charge < -0.3 is 4.42 Å². The molecule has 9 aromatic rings. The molecule has 0 amide bonds. The molecular weight excluding hydrogens is 599 g/mol. The van der Waals surface area contributed by atoms with Crippen LogP contribution in [-0.4, -0.2) is 15.0 Å². The predicted octanol–water partition coefficient (Wildman–Crippen LogP) is 11.8. The lowest BCUT2D eigenvalue weighted by molar-refractivity contribution is 0.669. The molecule has 0 bridgehead atoms. The molecule has 4 heteroatoms. The first-order valence-electron chi connectivity index (χ1n) is 21.0. The predicted molar refractivity (Wildman–Crippen MR) is 200 cm³/mol. The highest BCUT2D eigenvalue weighted by Crippen LogP contribution is 2.40. The highest BCUT2D eigenvalue weighted by molar-refractivity contribution is 6.13. The Bertz CT molecular complexity index is 3060. The van der Waals surface area contributed by atoms with Crippen molar-refractivity contribution in [1.29, 1.82) is 0 Å². The highest BCUT2D eigenvalue weighted by Gasteiger charge is 2.18. The Hall–Kier alpha value is -6.65. The van der Waals surface area contributed by atoms with Crippen molar-refractivity contribution >= 4 is 21.9 Å². The molecule has 9 rings (SSSR count). The third-order valence-corrected chi connectivity index (χ3v) is 8.18. The molecule has 0 unspecified atom stereocenters. The summed E-state index contributed by atoms with van der Waals surface area (Å²) in [5.74, 6) is 0.211. The number of fused-ring (bicyclic) bond motifs is 3. The molecule has 0 N–H and O–H groups in total. The van der Waals surface area contributed by atoms with Crippen molar-refractivity contribution in [1.82, 2.24) is 15.0 Å². The van der Waals surface area contributed by atoms with Gasteiger partial charge in [0, 0.05) is 27.5 Å². The normalized spacial score (nSPS) is 14.4. The maximum Gasteiger partial charge on any atom is 0.164 e. The summed E-state index contributed by atoms with van der Waals surface area (Å²) in [5, 5.41) is -0.391. The molecule has 0 aliphatic rings. The van der Waals surface area contributed by atoms with Crippen LogP contribution in [0.5, 0.6) is 0 Å². The maximum absolute atomic E-state index is 9.77. The van der Waals surface area contributed by atoms with Gasteiger partial charge in [0.2, 0.25) is 0 Å². The van der Waals surface area contributed by atoms with Gasteiger partial charge in [0.05, 0.1) is 15.1 Å². The molecule has 49 heavy (non-hydrogen) atoms. The number of furan rings is 1. The summed E-state index contributed by atoms with van der Waals surface area (Å²) in [7, 11) is 0. The van der Waals surface area contributed by atoms with Crippen molar-refractivity contribution in [3.05, 3.63) is 176 Å². The van der Waals surface area contributed by atoms with E-state index in [4.69, 9.17) is 31.7 Å². The van der Waals surface area contributed by atoms with Crippen molar-refractivity contribution < 1.29 is 19.5 Å². The first-order chi connectivity index (χ1) is 28.8. The molecule has 0 fully saturated rings. The Balaban J connectivity index is 1.36. The SMILES string of the molecule is [2H]c1c([2H])c([2H])c(-c2c([2H])c(-c3nc(-c4ccc(-c5ccccc5)cc4)nc(-c4ccc(-c5ccccc5)cc4)n3)c([2H])c3oc4c([2H])c([2H])c([2H])c([2H])c4c23)c([2H])c1[2H]. The third-order valence-electron chi connectivity index (χ3n) is 8.18. The van der Waals surface area contributed by atoms with Crippen molar-refractivity contribution in [2.45, 2.75) is 0 Å². The minimum Gasteiger partial charge on any atom is -0.456 e. The molecule has 0 spiro atoms. The molecule has 0 atom stereocenters. The minimum atomic E-state index is -0.688. The van der Waals surface area contributed by atoms with E-state index < -0.39 is 72.0 Å². The van der Waals surface area contributed by atoms with E-state index in [1.54, 1.807) is 0 Å². The summed E-state index contributed by atoms with van der Waals surface area (Å²) in [6, 6.07) is 28.0. The fourth-order valence-electron chi connectivity index (χ4n) is 5.78. The number of aromatic nitrogens is 3. The average molecular weight is 639 g/mol. The largest absolute Gasteiger partial charge is 0.456 e. The summed E-state index contributed by atoms with van der Waals surface area (Å²) >= 11 is 0. The Kier molecular flexibility index (Phi) is 4.78. The van der Waals surface area contributed by atoms with Gasteiger partial charge >= 0.3 is 0 Å². The second kappa shape index (κ2) is 12.2. The fourth-order valence-corrected chi connectivity index (χ4v) is 5.78. The van der Waals surface area contributed by atoms with Crippen LogP contribution in [0.2, 0.25) is 0 Å². The zero-order valence-corrected chi connectivity index (χ0v) is 25.6. The van der Waals surface area contributed by atoms with Crippen LogP contribution in [0.3, 0.4) is 0 Å². The molecular formula is C45H29N3O. The van der Waals surface area contributed by atoms with E-state index >= 15 is 0 Å². The zero-order valence-electron chi connectivity index (χ0n) is 36.6. The number of para-hydroxylation sites is 1. The van der Waals surface area contributed by atoms with Gasteiger partial charge in [-0.05, 0) is 51.5 Å². The van der Waals surface area contributed by atoms with Gasteiger partial charge in [0.25, 0.3) is 0 Å². The molecule has 2 aromatic heterocycles. The van der Waals surface area contributed by atoms with Crippen molar-refractivity contribution in [3.8, 4) is 67.5 Å². The Morgan fingerprint density at radius 3 is 1.43 bits per heavy atom. The van der Waals surface area contributed by atoms with Gasteiger partial charge in [-0.1, -0.05) is 158 Å². The second-order valence-corrected chi connectivity index (χ2v) is 11.2. The van der Waals surface area contributed by atoms with E-state index in [9.17, 15) is 2.74 Å². The lowest BCUT2D eigenvalue weighted by atomic mass is 9.97. The summed E-state index contributed by atoms with van der Waals surface area (Å²) in [6.07, 6.45) is 0. The van der Waals surface area contributed by atoms with Crippen LogP contribution in [0.25, 0.3) is 89.5 Å². The topological polar surface area (TPSA) is 51.8 Å².